The van der Waals surface area contributed by atoms with E-state index in [1.165, 1.54) is 12.1 Å². The molecule has 1 aromatic heterocycles. The number of aromatic carboxylic acids is 1. The second-order valence-electron chi connectivity index (χ2n) is 3.90. The smallest absolute Gasteiger partial charge is 0.353 e. The van der Waals surface area contributed by atoms with E-state index in [1.54, 1.807) is 19.1 Å². The Morgan fingerprint density at radius 1 is 1.37 bits per heavy atom. The molecular weight excluding hydrogens is 250 g/mol. The molecule has 2 aromatic rings. The molecule has 7 nitrogen and oxygen atoms in total. The van der Waals surface area contributed by atoms with E-state index in [0.717, 1.165) is 0 Å². The summed E-state index contributed by atoms with van der Waals surface area (Å²) in [4.78, 5) is 22.5. The van der Waals surface area contributed by atoms with Crippen molar-refractivity contribution in [3.63, 3.8) is 0 Å². The van der Waals surface area contributed by atoms with Crippen molar-refractivity contribution in [1.29, 1.82) is 0 Å². The van der Waals surface area contributed by atoms with Crippen molar-refractivity contribution in [2.24, 2.45) is 0 Å². The third-order valence-corrected chi connectivity index (χ3v) is 2.53. The van der Waals surface area contributed by atoms with E-state index in [1.807, 2.05) is 0 Å². The number of aryl methyl sites for hydroxylation is 1. The number of nitrogens with zero attached hydrogens (tertiary/aromatic N) is 1. The van der Waals surface area contributed by atoms with Gasteiger partial charge in [0.2, 0.25) is 0 Å². The van der Waals surface area contributed by atoms with Crippen molar-refractivity contribution >= 4 is 17.7 Å². The highest BCUT2D eigenvalue weighted by atomic mass is 16.4. The van der Waals surface area contributed by atoms with E-state index in [2.05, 4.69) is 15.5 Å². The van der Waals surface area contributed by atoms with E-state index in [4.69, 9.17) is 5.11 Å². The molecule has 0 saturated heterocycles. The molecule has 1 heterocycles. The van der Waals surface area contributed by atoms with Gasteiger partial charge in [0.15, 0.2) is 5.82 Å². The number of anilines is 1. The first-order valence-electron chi connectivity index (χ1n) is 5.37. The van der Waals surface area contributed by atoms with Crippen molar-refractivity contribution in [3.8, 4) is 5.75 Å². The fourth-order valence-electron chi connectivity index (χ4n) is 1.52. The van der Waals surface area contributed by atoms with Crippen LogP contribution in [0.5, 0.6) is 5.75 Å². The zero-order chi connectivity index (χ0) is 14.0. The largest absolute Gasteiger partial charge is 0.507 e. The van der Waals surface area contributed by atoms with Crippen molar-refractivity contribution in [2.45, 2.75) is 6.92 Å². The zero-order valence-corrected chi connectivity index (χ0v) is 9.97. The topological polar surface area (TPSA) is 115 Å². The summed E-state index contributed by atoms with van der Waals surface area (Å²) in [6, 6.07) is 5.95. The van der Waals surface area contributed by atoms with Gasteiger partial charge >= 0.3 is 5.97 Å². The molecule has 0 aliphatic carbocycles. The van der Waals surface area contributed by atoms with E-state index in [0.29, 0.717) is 5.56 Å². The Hall–Kier alpha value is -2.83. The lowest BCUT2D eigenvalue weighted by Gasteiger charge is -2.06. The molecule has 4 N–H and O–H groups in total. The number of phenolic OH excluding ortho intramolecular Hbond substituents is 1. The molecule has 2 rings (SSSR count). The Morgan fingerprint density at radius 2 is 2.11 bits per heavy atom. The molecule has 0 radical (unpaired) electrons. The number of H-pyrrole nitrogens is 1. The standard InChI is InChI=1S/C12H11N3O4/c1-6-3-2-4-7(10(6)16)11(17)13-9-5-8(12(18)19)14-15-9/h2-5,16H,1H3,(H,18,19)(H2,13,14,15,17). The summed E-state index contributed by atoms with van der Waals surface area (Å²) in [6.45, 7) is 1.67. The van der Waals surface area contributed by atoms with Crippen LogP contribution in [0.25, 0.3) is 0 Å². The van der Waals surface area contributed by atoms with Crippen LogP contribution in [0.15, 0.2) is 24.3 Å². The van der Waals surface area contributed by atoms with E-state index < -0.39 is 11.9 Å². The maximum Gasteiger partial charge on any atom is 0.353 e. The molecule has 1 aromatic carbocycles. The number of aromatic amines is 1. The average molecular weight is 261 g/mol. The number of hydrogen-bond acceptors (Lipinski definition) is 4. The van der Waals surface area contributed by atoms with Crippen LogP contribution in [-0.2, 0) is 0 Å². The van der Waals surface area contributed by atoms with Crippen LogP contribution in [0.4, 0.5) is 5.82 Å². The lowest BCUT2D eigenvalue weighted by atomic mass is 10.1. The minimum atomic E-state index is -1.17. The van der Waals surface area contributed by atoms with Crippen molar-refractivity contribution < 1.29 is 19.8 Å². The Morgan fingerprint density at radius 3 is 2.74 bits per heavy atom. The molecule has 7 heteroatoms. The van der Waals surface area contributed by atoms with Gasteiger partial charge in [0, 0.05) is 6.07 Å². The predicted molar refractivity (Wildman–Crippen MR) is 66.3 cm³/mol. The Bertz CT molecular complexity index is 648. The van der Waals surface area contributed by atoms with Crippen LogP contribution < -0.4 is 5.32 Å². The van der Waals surface area contributed by atoms with Crippen LogP contribution in [0.3, 0.4) is 0 Å². The molecule has 0 aliphatic heterocycles. The number of carbonyl (C=O) groups excluding carboxylic acids is 1. The summed E-state index contributed by atoms with van der Waals surface area (Å²) in [7, 11) is 0. The number of aromatic nitrogens is 2. The number of rotatable bonds is 3. The molecule has 0 aliphatic rings. The highest BCUT2D eigenvalue weighted by Crippen LogP contribution is 2.22. The number of carbonyl (C=O) groups is 2. The Labute approximate surface area is 107 Å². The number of nitrogens with one attached hydrogen (secondary N) is 2. The second kappa shape index (κ2) is 4.81. The summed E-state index contributed by atoms with van der Waals surface area (Å²) < 4.78 is 0. The fraction of sp³-hybridized carbons (Fsp3) is 0.0833. The molecule has 0 fully saturated rings. The maximum atomic E-state index is 11.9. The normalized spacial score (nSPS) is 10.2. The molecular formula is C12H11N3O4. The number of benzene rings is 1. The Balaban J connectivity index is 2.21. The van der Waals surface area contributed by atoms with Crippen LogP contribution in [0.2, 0.25) is 0 Å². The van der Waals surface area contributed by atoms with Gasteiger partial charge < -0.3 is 15.5 Å². The van der Waals surface area contributed by atoms with Crippen LogP contribution in [0, 0.1) is 6.92 Å². The molecule has 0 spiro atoms. The first-order chi connectivity index (χ1) is 8.99. The molecule has 0 atom stereocenters. The summed E-state index contributed by atoms with van der Waals surface area (Å²) in [5.41, 5.74) is 0.532. The SMILES string of the molecule is Cc1cccc(C(=O)Nc2cc(C(=O)O)[nH]n2)c1O. The van der Waals surface area contributed by atoms with Gasteiger partial charge in [0.05, 0.1) is 5.56 Å². The van der Waals surface area contributed by atoms with Gasteiger partial charge in [0.25, 0.3) is 5.91 Å². The second-order valence-corrected chi connectivity index (χ2v) is 3.90. The molecule has 0 saturated carbocycles. The van der Waals surface area contributed by atoms with Gasteiger partial charge in [0.1, 0.15) is 11.4 Å². The zero-order valence-electron chi connectivity index (χ0n) is 9.97. The van der Waals surface area contributed by atoms with E-state index in [9.17, 15) is 14.7 Å². The van der Waals surface area contributed by atoms with Crippen molar-refractivity contribution in [3.05, 3.63) is 41.1 Å². The van der Waals surface area contributed by atoms with Crippen LogP contribution in [0.1, 0.15) is 26.4 Å². The summed E-state index contributed by atoms with van der Waals surface area (Å²) in [6.07, 6.45) is 0. The number of hydrogen-bond donors (Lipinski definition) is 4. The first kappa shape index (κ1) is 12.6. The monoisotopic (exact) mass is 261 g/mol. The van der Waals surface area contributed by atoms with Gasteiger partial charge in [-0.2, -0.15) is 5.10 Å². The lowest BCUT2D eigenvalue weighted by molar-refractivity contribution is 0.0690. The molecule has 0 unspecified atom stereocenters. The van der Waals surface area contributed by atoms with Gasteiger partial charge in [-0.15, -0.1) is 0 Å². The van der Waals surface area contributed by atoms with Crippen LogP contribution in [-0.4, -0.2) is 32.3 Å². The third kappa shape index (κ3) is 2.54. The highest BCUT2D eigenvalue weighted by molar-refractivity contribution is 6.06. The van der Waals surface area contributed by atoms with E-state index >= 15 is 0 Å². The fourth-order valence-corrected chi connectivity index (χ4v) is 1.52. The number of para-hydroxylation sites is 1. The summed E-state index contributed by atoms with van der Waals surface area (Å²) >= 11 is 0. The van der Waals surface area contributed by atoms with Gasteiger partial charge in [-0.05, 0) is 18.6 Å². The van der Waals surface area contributed by atoms with Crippen LogP contribution >= 0.6 is 0 Å². The highest BCUT2D eigenvalue weighted by Gasteiger charge is 2.15. The third-order valence-electron chi connectivity index (χ3n) is 2.53. The predicted octanol–water partition coefficient (Wildman–Crippen LogP) is 1.37. The lowest BCUT2D eigenvalue weighted by Crippen LogP contribution is -2.12. The van der Waals surface area contributed by atoms with Gasteiger partial charge in [-0.1, -0.05) is 12.1 Å². The number of carboxylic acid groups (broad SMARTS) is 1. The summed E-state index contributed by atoms with van der Waals surface area (Å²) in [5, 5.41) is 26.8. The maximum absolute atomic E-state index is 11.9. The van der Waals surface area contributed by atoms with Gasteiger partial charge in [-0.25, -0.2) is 4.79 Å². The minimum absolute atomic E-state index is 0.0725. The number of amides is 1. The van der Waals surface area contributed by atoms with Crippen molar-refractivity contribution in [1.82, 2.24) is 10.2 Å². The van der Waals surface area contributed by atoms with Crippen molar-refractivity contribution in [2.75, 3.05) is 5.32 Å². The molecule has 19 heavy (non-hydrogen) atoms. The quantitative estimate of drug-likeness (QED) is 0.666. The number of carboxylic acids is 1. The van der Waals surface area contributed by atoms with E-state index in [-0.39, 0.29) is 22.8 Å². The van der Waals surface area contributed by atoms with Gasteiger partial charge in [-0.3, -0.25) is 9.89 Å². The minimum Gasteiger partial charge on any atom is -0.507 e. The molecule has 0 bridgehead atoms. The molecule has 98 valence electrons. The molecule has 1 amide bonds. The summed E-state index contributed by atoms with van der Waals surface area (Å²) in [5.74, 6) is -1.78. The Kier molecular flexibility index (Phi) is 3.19. The first-order valence-corrected chi connectivity index (χ1v) is 5.37. The number of phenols is 1. The average Bonchev–Trinajstić information content (AvgIpc) is 2.81. The number of aromatic hydroxyl groups is 1.